The summed E-state index contributed by atoms with van der Waals surface area (Å²) in [5.74, 6) is 0.477. The van der Waals surface area contributed by atoms with Crippen LogP contribution in [0.5, 0.6) is 0 Å². The van der Waals surface area contributed by atoms with Crippen LogP contribution >= 0.6 is 11.8 Å². The van der Waals surface area contributed by atoms with E-state index in [0.717, 1.165) is 38.2 Å². The van der Waals surface area contributed by atoms with Crippen LogP contribution in [0.1, 0.15) is 11.1 Å². The minimum atomic E-state index is -0.459. The fourth-order valence-corrected chi connectivity index (χ4v) is 5.06. The smallest absolute Gasteiger partial charge is 0.420 e. The first-order valence-corrected chi connectivity index (χ1v) is 14.5. The molecule has 204 valence electrons. The molecule has 0 bridgehead atoms. The van der Waals surface area contributed by atoms with Crippen LogP contribution in [0.2, 0.25) is 0 Å². The number of likely N-dealkylation sites (N-methyl/N-ethyl adjacent to an activating group) is 1. The first-order valence-electron chi connectivity index (χ1n) is 13.3. The van der Waals surface area contributed by atoms with Gasteiger partial charge in [0.15, 0.2) is 16.6 Å². The molecule has 1 saturated heterocycles. The third-order valence-corrected chi connectivity index (χ3v) is 7.52. The minimum Gasteiger partial charge on any atom is -0.448 e. The Morgan fingerprint density at radius 2 is 1.82 bits per heavy atom. The second kappa shape index (κ2) is 12.6. The Morgan fingerprint density at radius 1 is 1.03 bits per heavy atom. The largest absolute Gasteiger partial charge is 0.448 e. The van der Waals surface area contributed by atoms with Crippen LogP contribution in [-0.4, -0.2) is 88.3 Å². The highest BCUT2D eigenvalue weighted by Gasteiger charge is 2.26. The summed E-state index contributed by atoms with van der Waals surface area (Å²) < 4.78 is 7.74. The van der Waals surface area contributed by atoms with Crippen molar-refractivity contribution in [2.45, 2.75) is 25.0 Å². The van der Waals surface area contributed by atoms with Crippen molar-refractivity contribution in [3.63, 3.8) is 0 Å². The maximum atomic E-state index is 13.7. The number of piperazine rings is 1. The van der Waals surface area contributed by atoms with Gasteiger partial charge in [0.2, 0.25) is 0 Å². The van der Waals surface area contributed by atoms with Gasteiger partial charge < -0.3 is 9.64 Å². The molecule has 0 atom stereocenters. The third-order valence-electron chi connectivity index (χ3n) is 6.98. The average Bonchev–Trinajstić information content (AvgIpc) is 3.36. The lowest BCUT2D eigenvalue weighted by molar-refractivity contribution is 0.108. The highest BCUT2D eigenvalue weighted by atomic mass is 32.2. The van der Waals surface area contributed by atoms with Crippen molar-refractivity contribution in [2.75, 3.05) is 57.5 Å². The topological polar surface area (TPSA) is 79.6 Å². The van der Waals surface area contributed by atoms with Crippen molar-refractivity contribution in [2.24, 2.45) is 0 Å². The zero-order valence-corrected chi connectivity index (χ0v) is 23.6. The summed E-state index contributed by atoms with van der Waals surface area (Å²) in [5.41, 5.74) is 3.66. The van der Waals surface area contributed by atoms with Gasteiger partial charge in [-0.05, 0) is 49.9 Å². The quantitative estimate of drug-likeness (QED) is 0.223. The Hall–Kier alpha value is -3.47. The van der Waals surface area contributed by atoms with E-state index in [-0.39, 0.29) is 0 Å². The predicted octanol–water partition coefficient (Wildman–Crippen LogP) is 4.62. The Bertz CT molecular complexity index is 1400. The van der Waals surface area contributed by atoms with Crippen LogP contribution in [0.15, 0.2) is 66.0 Å². The van der Waals surface area contributed by atoms with Gasteiger partial charge in [-0.3, -0.25) is 4.90 Å². The lowest BCUT2D eigenvalue weighted by Gasteiger charge is -2.32. The molecule has 0 aliphatic carbocycles. The summed E-state index contributed by atoms with van der Waals surface area (Å²) >= 11 is 1.44. The van der Waals surface area contributed by atoms with Crippen LogP contribution in [0.4, 0.5) is 16.3 Å². The number of amides is 1. The molecule has 10 heteroatoms. The average molecular weight is 546 g/mol. The molecule has 0 saturated carbocycles. The van der Waals surface area contributed by atoms with Crippen molar-refractivity contribution in [3.8, 4) is 0 Å². The molecule has 1 aliphatic rings. The Kier molecular flexibility index (Phi) is 8.75. The Balaban J connectivity index is 1.44. The van der Waals surface area contributed by atoms with Crippen LogP contribution in [0.3, 0.4) is 0 Å². The molecule has 1 fully saturated rings. The summed E-state index contributed by atoms with van der Waals surface area (Å²) in [4.78, 5) is 29.5. The van der Waals surface area contributed by atoms with Crippen LogP contribution < -0.4 is 4.90 Å². The number of ether oxygens (including phenoxy) is 1. The van der Waals surface area contributed by atoms with Gasteiger partial charge in [-0.15, -0.1) is 0 Å². The third kappa shape index (κ3) is 6.58. The highest BCUT2D eigenvalue weighted by Crippen LogP contribution is 2.33. The maximum absolute atomic E-state index is 13.7. The van der Waals surface area contributed by atoms with Gasteiger partial charge in [0, 0.05) is 39.3 Å². The number of carbonyl (C=O) groups excluding carboxylic acids is 1. The number of fused-ring (bicyclic) bond motifs is 1. The maximum Gasteiger partial charge on any atom is 0.420 e. The molecule has 3 heterocycles. The van der Waals surface area contributed by atoms with Crippen molar-refractivity contribution in [1.29, 1.82) is 0 Å². The number of benzene rings is 2. The monoisotopic (exact) mass is 545 g/mol. The molecule has 0 radical (unpaired) electrons. The number of thioether (sulfide) groups is 1. The first-order chi connectivity index (χ1) is 19.0. The van der Waals surface area contributed by atoms with E-state index in [0.29, 0.717) is 47.4 Å². The normalized spacial score (nSPS) is 14.5. The summed E-state index contributed by atoms with van der Waals surface area (Å²) in [6.45, 7) is 7.67. The van der Waals surface area contributed by atoms with E-state index in [9.17, 15) is 4.79 Å². The van der Waals surface area contributed by atoms with Gasteiger partial charge >= 0.3 is 6.09 Å². The molecule has 0 N–H and O–H groups in total. The van der Waals surface area contributed by atoms with Crippen LogP contribution in [-0.2, 0) is 17.7 Å². The van der Waals surface area contributed by atoms with E-state index in [1.54, 1.807) is 11.1 Å². The summed E-state index contributed by atoms with van der Waals surface area (Å²) in [5, 5.41) is 5.92. The molecular formula is C29H35N7O2S. The zero-order valence-electron chi connectivity index (χ0n) is 22.8. The van der Waals surface area contributed by atoms with E-state index >= 15 is 0 Å². The number of nitrogens with zero attached hydrogens (tertiary/aromatic N) is 7. The number of hydrogen-bond donors (Lipinski definition) is 0. The number of aromatic nitrogens is 4. The molecule has 4 aromatic rings. The van der Waals surface area contributed by atoms with Crippen LogP contribution in [0.25, 0.3) is 11.0 Å². The fourth-order valence-electron chi connectivity index (χ4n) is 4.71. The van der Waals surface area contributed by atoms with Gasteiger partial charge in [-0.2, -0.15) is 5.10 Å². The summed E-state index contributed by atoms with van der Waals surface area (Å²) in [7, 11) is 2.13. The zero-order chi connectivity index (χ0) is 27.2. The highest BCUT2D eigenvalue weighted by molar-refractivity contribution is 7.98. The molecule has 0 unspecified atom stereocenters. The molecule has 2 aromatic heterocycles. The molecule has 39 heavy (non-hydrogen) atoms. The minimum absolute atomic E-state index is 0.310. The number of carbonyl (C=O) groups is 1. The first kappa shape index (κ1) is 27.1. The van der Waals surface area contributed by atoms with Crippen molar-refractivity contribution in [3.05, 3.63) is 71.9 Å². The molecule has 2 aromatic carbocycles. The number of rotatable bonds is 9. The molecule has 9 nitrogen and oxygen atoms in total. The van der Waals surface area contributed by atoms with Crippen molar-refractivity contribution >= 4 is 40.4 Å². The number of anilines is 2. The lowest BCUT2D eigenvalue weighted by Crippen LogP contribution is -2.45. The van der Waals surface area contributed by atoms with E-state index in [2.05, 4.69) is 34.1 Å². The van der Waals surface area contributed by atoms with Crippen LogP contribution in [0, 0.1) is 6.92 Å². The molecule has 1 aliphatic heterocycles. The lowest BCUT2D eigenvalue weighted by atomic mass is 10.1. The second-order valence-electron chi connectivity index (χ2n) is 9.81. The van der Waals surface area contributed by atoms with E-state index in [1.807, 2.05) is 60.3 Å². The number of aryl methyl sites for hydroxylation is 3. The van der Waals surface area contributed by atoms with Gasteiger partial charge in [-0.1, -0.05) is 54.2 Å². The SMILES string of the molecule is CSc1nc(N(C(=O)OCCN2CCN(C)CC2)c2cccc(C)c2)c2cnn(CCc3ccccc3)c2n1. The van der Waals surface area contributed by atoms with Crippen molar-refractivity contribution < 1.29 is 9.53 Å². The molecular weight excluding hydrogens is 510 g/mol. The van der Waals surface area contributed by atoms with Gasteiger partial charge in [-0.25, -0.2) is 24.3 Å². The summed E-state index contributed by atoms with van der Waals surface area (Å²) in [6, 6.07) is 18.1. The molecule has 5 rings (SSSR count). The molecule has 0 spiro atoms. The van der Waals surface area contributed by atoms with E-state index in [1.165, 1.54) is 17.3 Å². The Morgan fingerprint density at radius 3 is 2.56 bits per heavy atom. The predicted molar refractivity (Wildman–Crippen MR) is 156 cm³/mol. The van der Waals surface area contributed by atoms with Crippen molar-refractivity contribution in [1.82, 2.24) is 29.5 Å². The van der Waals surface area contributed by atoms with Gasteiger partial charge in [0.1, 0.15) is 6.61 Å². The Labute approximate surface area is 233 Å². The van der Waals surface area contributed by atoms with E-state index < -0.39 is 6.09 Å². The van der Waals surface area contributed by atoms with Gasteiger partial charge in [0.05, 0.1) is 17.3 Å². The fraction of sp³-hybridized carbons (Fsp3) is 0.379. The van der Waals surface area contributed by atoms with Gasteiger partial charge in [0.25, 0.3) is 0 Å². The second-order valence-corrected chi connectivity index (χ2v) is 10.6. The molecule has 1 amide bonds. The number of hydrogen-bond acceptors (Lipinski definition) is 8. The summed E-state index contributed by atoms with van der Waals surface area (Å²) in [6.07, 6.45) is 4.04. The standard InChI is InChI=1S/C29H35N7O2S/c1-22-8-7-11-24(20-22)36(29(37)38-19-18-34-16-14-33(2)15-17-34)27-25-21-30-35(26(25)31-28(32-27)39-3)13-12-23-9-5-4-6-10-23/h4-11,20-21H,12-19H2,1-3H3. The van der Waals surface area contributed by atoms with E-state index in [4.69, 9.17) is 14.7 Å².